The number of para-hydroxylation sites is 1. The number of aryl methyl sites for hydroxylation is 1. The van der Waals surface area contributed by atoms with Gasteiger partial charge in [0.05, 0.1) is 42.1 Å². The number of ether oxygens (including phenoxy) is 2. The second kappa shape index (κ2) is 7.84. The van der Waals surface area contributed by atoms with Crippen molar-refractivity contribution in [2.24, 2.45) is 0 Å². The van der Waals surface area contributed by atoms with E-state index in [-0.39, 0.29) is 18.1 Å². The number of aromatic nitrogens is 2. The number of ketones is 1. The van der Waals surface area contributed by atoms with Gasteiger partial charge in [-0.25, -0.2) is 4.68 Å². The summed E-state index contributed by atoms with van der Waals surface area (Å²) in [5, 5.41) is 7.91. The van der Waals surface area contributed by atoms with E-state index in [2.05, 4.69) is 10.4 Å². The Bertz CT molecular complexity index is 1160. The maximum atomic E-state index is 13.5. The fraction of sp³-hybridized carbons (Fsp3) is 0.227. The SMILES string of the molecule is COc1ccc(OC)c(C(=O)C2CC(=O)Nc3c2c(C)nn3-c2ccccc2Cl)c1. The van der Waals surface area contributed by atoms with Gasteiger partial charge in [-0.05, 0) is 37.3 Å². The van der Waals surface area contributed by atoms with Crippen molar-refractivity contribution in [3.8, 4) is 17.2 Å². The van der Waals surface area contributed by atoms with Gasteiger partial charge in [0.1, 0.15) is 17.3 Å². The molecule has 0 radical (unpaired) electrons. The van der Waals surface area contributed by atoms with Crippen LogP contribution < -0.4 is 14.8 Å². The predicted molar refractivity (Wildman–Crippen MR) is 113 cm³/mol. The number of carbonyl (C=O) groups excluding carboxylic acids is 2. The number of fused-ring (bicyclic) bond motifs is 1. The van der Waals surface area contributed by atoms with Crippen LogP contribution in [0.4, 0.5) is 5.82 Å². The monoisotopic (exact) mass is 425 g/mol. The minimum absolute atomic E-state index is 0.0151. The molecular weight excluding hydrogens is 406 g/mol. The lowest BCUT2D eigenvalue weighted by atomic mass is 9.85. The lowest BCUT2D eigenvalue weighted by molar-refractivity contribution is -0.116. The third kappa shape index (κ3) is 3.31. The van der Waals surface area contributed by atoms with Gasteiger partial charge in [0.25, 0.3) is 0 Å². The van der Waals surface area contributed by atoms with Crippen LogP contribution in [-0.2, 0) is 4.79 Å². The van der Waals surface area contributed by atoms with Crippen molar-refractivity contribution < 1.29 is 19.1 Å². The van der Waals surface area contributed by atoms with Crippen LogP contribution in [0, 0.1) is 6.92 Å². The smallest absolute Gasteiger partial charge is 0.226 e. The summed E-state index contributed by atoms with van der Waals surface area (Å²) >= 11 is 6.34. The molecule has 1 aliphatic rings. The van der Waals surface area contributed by atoms with Gasteiger partial charge in [-0.1, -0.05) is 23.7 Å². The third-order valence-electron chi connectivity index (χ3n) is 5.17. The first-order chi connectivity index (χ1) is 14.4. The molecule has 8 heteroatoms. The number of nitrogens with one attached hydrogen (secondary N) is 1. The zero-order valence-electron chi connectivity index (χ0n) is 16.7. The normalized spacial score (nSPS) is 15.3. The molecule has 1 aromatic heterocycles. The number of rotatable bonds is 5. The molecule has 0 spiro atoms. The van der Waals surface area contributed by atoms with Gasteiger partial charge in [-0.15, -0.1) is 0 Å². The molecule has 0 saturated carbocycles. The summed E-state index contributed by atoms with van der Waals surface area (Å²) in [5.41, 5.74) is 2.29. The van der Waals surface area contributed by atoms with E-state index < -0.39 is 5.92 Å². The van der Waals surface area contributed by atoms with E-state index in [4.69, 9.17) is 21.1 Å². The number of benzene rings is 2. The van der Waals surface area contributed by atoms with E-state index in [1.807, 2.05) is 19.1 Å². The first kappa shape index (κ1) is 20.0. The highest BCUT2D eigenvalue weighted by atomic mass is 35.5. The van der Waals surface area contributed by atoms with Crippen LogP contribution in [0.5, 0.6) is 11.5 Å². The van der Waals surface area contributed by atoms with E-state index >= 15 is 0 Å². The van der Waals surface area contributed by atoms with Crippen molar-refractivity contribution in [3.63, 3.8) is 0 Å². The minimum Gasteiger partial charge on any atom is -0.497 e. The number of hydrogen-bond donors (Lipinski definition) is 1. The van der Waals surface area contributed by atoms with Crippen molar-refractivity contribution in [1.29, 1.82) is 0 Å². The highest BCUT2D eigenvalue weighted by molar-refractivity contribution is 6.32. The number of halogens is 1. The average molecular weight is 426 g/mol. The Balaban J connectivity index is 1.85. The standard InChI is InChI=1S/C22H20ClN3O4/c1-12-20-15(21(28)14-10-13(29-2)8-9-18(14)30-3)11-19(27)24-22(20)26(25-12)17-7-5-4-6-16(17)23/h4-10,15H,11H2,1-3H3,(H,24,27). The minimum atomic E-state index is -0.703. The molecule has 154 valence electrons. The Morgan fingerprint density at radius 3 is 2.67 bits per heavy atom. The largest absolute Gasteiger partial charge is 0.497 e. The number of carbonyl (C=O) groups is 2. The number of methoxy groups -OCH3 is 2. The molecule has 1 N–H and O–H groups in total. The zero-order valence-corrected chi connectivity index (χ0v) is 17.5. The summed E-state index contributed by atoms with van der Waals surface area (Å²) < 4.78 is 12.2. The average Bonchev–Trinajstić information content (AvgIpc) is 3.08. The van der Waals surface area contributed by atoms with Gasteiger partial charge in [0.2, 0.25) is 5.91 Å². The van der Waals surface area contributed by atoms with Gasteiger partial charge in [0.15, 0.2) is 5.78 Å². The first-order valence-electron chi connectivity index (χ1n) is 9.35. The second-order valence-electron chi connectivity index (χ2n) is 6.95. The van der Waals surface area contributed by atoms with Crippen molar-refractivity contribution in [2.75, 3.05) is 19.5 Å². The molecule has 30 heavy (non-hydrogen) atoms. The molecule has 2 heterocycles. The highest BCUT2D eigenvalue weighted by Crippen LogP contribution is 2.40. The predicted octanol–water partition coefficient (Wildman–Crippen LogP) is 4.16. The zero-order chi connectivity index (χ0) is 21.4. The Morgan fingerprint density at radius 1 is 1.20 bits per heavy atom. The van der Waals surface area contributed by atoms with Crippen LogP contribution in [-0.4, -0.2) is 35.7 Å². The van der Waals surface area contributed by atoms with Gasteiger partial charge >= 0.3 is 0 Å². The van der Waals surface area contributed by atoms with Gasteiger partial charge < -0.3 is 14.8 Å². The Morgan fingerprint density at radius 2 is 1.97 bits per heavy atom. The second-order valence-corrected chi connectivity index (χ2v) is 7.35. The lowest BCUT2D eigenvalue weighted by Crippen LogP contribution is -2.28. The molecular formula is C22H20ClN3O4. The fourth-order valence-corrected chi connectivity index (χ4v) is 3.98. The Hall–Kier alpha value is -3.32. The highest BCUT2D eigenvalue weighted by Gasteiger charge is 2.37. The summed E-state index contributed by atoms with van der Waals surface area (Å²) in [6.07, 6.45) is 0.0151. The number of Topliss-reactive ketones (excluding diaryl/α,β-unsaturated/α-hetero) is 1. The van der Waals surface area contributed by atoms with Crippen molar-refractivity contribution >= 4 is 29.1 Å². The summed E-state index contributed by atoms with van der Waals surface area (Å²) in [6, 6.07) is 12.2. The molecule has 0 saturated heterocycles. The summed E-state index contributed by atoms with van der Waals surface area (Å²) in [5.74, 6) is 0.204. The fourth-order valence-electron chi connectivity index (χ4n) is 3.76. The van der Waals surface area contributed by atoms with Crippen LogP contribution in [0.3, 0.4) is 0 Å². The van der Waals surface area contributed by atoms with E-state index in [1.54, 1.807) is 35.0 Å². The van der Waals surface area contributed by atoms with Crippen LogP contribution in [0.25, 0.3) is 5.69 Å². The maximum absolute atomic E-state index is 13.5. The van der Waals surface area contributed by atoms with Crippen LogP contribution in [0.2, 0.25) is 5.02 Å². The molecule has 4 rings (SSSR count). The van der Waals surface area contributed by atoms with Crippen LogP contribution in [0.15, 0.2) is 42.5 Å². The number of hydrogen-bond acceptors (Lipinski definition) is 5. The summed E-state index contributed by atoms with van der Waals surface area (Å²) in [6.45, 7) is 1.81. The van der Waals surface area contributed by atoms with E-state index in [9.17, 15) is 9.59 Å². The molecule has 0 aliphatic carbocycles. The van der Waals surface area contributed by atoms with Gasteiger partial charge in [-0.2, -0.15) is 5.10 Å². The molecule has 0 fully saturated rings. The maximum Gasteiger partial charge on any atom is 0.226 e. The third-order valence-corrected chi connectivity index (χ3v) is 5.49. The van der Waals surface area contributed by atoms with E-state index in [0.717, 1.165) is 0 Å². The Labute approximate surface area is 178 Å². The van der Waals surface area contributed by atoms with Crippen molar-refractivity contribution in [1.82, 2.24) is 9.78 Å². The van der Waals surface area contributed by atoms with Crippen molar-refractivity contribution in [2.45, 2.75) is 19.3 Å². The molecule has 1 amide bonds. The van der Waals surface area contributed by atoms with E-state index in [1.165, 1.54) is 14.2 Å². The van der Waals surface area contributed by atoms with Crippen molar-refractivity contribution in [3.05, 3.63) is 64.3 Å². The van der Waals surface area contributed by atoms with Gasteiger partial charge in [0, 0.05) is 12.0 Å². The molecule has 2 aromatic carbocycles. The Kier molecular flexibility index (Phi) is 5.22. The van der Waals surface area contributed by atoms with Crippen LogP contribution in [0.1, 0.15) is 34.0 Å². The summed E-state index contributed by atoms with van der Waals surface area (Å²) in [7, 11) is 3.03. The lowest BCUT2D eigenvalue weighted by Gasteiger charge is -2.24. The molecule has 0 bridgehead atoms. The molecule has 1 atom stereocenters. The molecule has 1 aliphatic heterocycles. The van der Waals surface area contributed by atoms with E-state index in [0.29, 0.717) is 44.8 Å². The first-order valence-corrected chi connectivity index (χ1v) is 9.73. The summed E-state index contributed by atoms with van der Waals surface area (Å²) in [4.78, 5) is 26.1. The van der Waals surface area contributed by atoms with Crippen LogP contribution >= 0.6 is 11.6 Å². The molecule has 7 nitrogen and oxygen atoms in total. The van der Waals surface area contributed by atoms with Gasteiger partial charge in [-0.3, -0.25) is 9.59 Å². The number of amides is 1. The number of anilines is 1. The molecule has 3 aromatic rings. The topological polar surface area (TPSA) is 82.4 Å². The quantitative estimate of drug-likeness (QED) is 0.620. The number of nitrogens with zero attached hydrogens (tertiary/aromatic N) is 2. The molecule has 1 unspecified atom stereocenters.